The van der Waals surface area contributed by atoms with Gasteiger partial charge >= 0.3 is 16.9 Å². The Morgan fingerprint density at radius 3 is 2.53 bits per heavy atom. The van der Waals surface area contributed by atoms with E-state index in [2.05, 4.69) is 5.10 Å². The predicted octanol–water partition coefficient (Wildman–Crippen LogP) is 2.72. The van der Waals surface area contributed by atoms with Crippen LogP contribution in [0.15, 0.2) is 52.3 Å². The first kappa shape index (κ1) is 22.9. The standard InChI is InChI=1S/C22H25N5O5/c1-3-4-12-25-21(28)20(27(30)31)19(24(22(25)29)13-14-32-2)11-10-17-15-23-26(16-17)18-8-6-5-7-9-18/h5-11,15-16H,3-4,12-14H2,1-2H3. The van der Waals surface area contributed by atoms with Gasteiger partial charge in [-0.2, -0.15) is 5.10 Å². The summed E-state index contributed by atoms with van der Waals surface area (Å²) in [5.41, 5.74) is -0.684. The van der Waals surface area contributed by atoms with Gasteiger partial charge in [-0.15, -0.1) is 0 Å². The van der Waals surface area contributed by atoms with Crippen molar-refractivity contribution in [3.05, 3.63) is 84.9 Å². The fraction of sp³-hybridized carbons (Fsp3) is 0.318. The molecule has 0 fully saturated rings. The van der Waals surface area contributed by atoms with Gasteiger partial charge in [0.2, 0.25) is 0 Å². The Bertz CT molecular complexity index is 1220. The Morgan fingerprint density at radius 1 is 1.12 bits per heavy atom. The molecule has 0 amide bonds. The maximum Gasteiger partial charge on any atom is 0.357 e. The molecule has 1 aromatic carbocycles. The highest BCUT2D eigenvalue weighted by Gasteiger charge is 2.26. The summed E-state index contributed by atoms with van der Waals surface area (Å²) in [5, 5.41) is 16.1. The molecule has 0 unspecified atom stereocenters. The van der Waals surface area contributed by atoms with Crippen molar-refractivity contribution in [1.82, 2.24) is 18.9 Å². The van der Waals surface area contributed by atoms with Gasteiger partial charge in [0.1, 0.15) is 5.69 Å². The van der Waals surface area contributed by atoms with Crippen LogP contribution in [0.25, 0.3) is 17.8 Å². The van der Waals surface area contributed by atoms with E-state index >= 15 is 0 Å². The summed E-state index contributed by atoms with van der Waals surface area (Å²) < 4.78 is 8.88. The van der Waals surface area contributed by atoms with Crippen LogP contribution >= 0.6 is 0 Å². The molecule has 2 aromatic heterocycles. The minimum Gasteiger partial charge on any atom is -0.383 e. The van der Waals surface area contributed by atoms with Gasteiger partial charge in [0.15, 0.2) is 0 Å². The van der Waals surface area contributed by atoms with E-state index < -0.39 is 21.9 Å². The maximum atomic E-state index is 13.0. The van der Waals surface area contributed by atoms with E-state index in [1.165, 1.54) is 17.8 Å². The Balaban J connectivity index is 2.10. The van der Waals surface area contributed by atoms with E-state index in [9.17, 15) is 19.7 Å². The van der Waals surface area contributed by atoms with Crippen molar-refractivity contribution in [3.8, 4) is 5.69 Å². The van der Waals surface area contributed by atoms with Crippen molar-refractivity contribution < 1.29 is 9.66 Å². The molecular weight excluding hydrogens is 414 g/mol. The van der Waals surface area contributed by atoms with Gasteiger partial charge < -0.3 is 4.74 Å². The number of hydrogen-bond donors (Lipinski definition) is 0. The van der Waals surface area contributed by atoms with E-state index in [-0.39, 0.29) is 25.4 Å². The van der Waals surface area contributed by atoms with Gasteiger partial charge in [-0.3, -0.25) is 24.0 Å². The molecule has 0 saturated heterocycles. The van der Waals surface area contributed by atoms with Crippen LogP contribution in [-0.2, 0) is 17.8 Å². The molecule has 0 bridgehead atoms. The summed E-state index contributed by atoms with van der Waals surface area (Å²) in [7, 11) is 1.47. The number of para-hydroxylation sites is 1. The highest BCUT2D eigenvalue weighted by molar-refractivity contribution is 5.71. The molecule has 3 aromatic rings. The van der Waals surface area contributed by atoms with E-state index in [1.807, 2.05) is 37.3 Å². The fourth-order valence-electron chi connectivity index (χ4n) is 3.27. The van der Waals surface area contributed by atoms with Crippen LogP contribution in [0.5, 0.6) is 0 Å². The number of nitrogens with zero attached hydrogens (tertiary/aromatic N) is 5. The molecular formula is C22H25N5O5. The first-order valence-corrected chi connectivity index (χ1v) is 10.3. The molecule has 0 aliphatic carbocycles. The van der Waals surface area contributed by atoms with Crippen molar-refractivity contribution in [2.45, 2.75) is 32.9 Å². The number of benzene rings is 1. The van der Waals surface area contributed by atoms with E-state index in [0.29, 0.717) is 12.0 Å². The highest BCUT2D eigenvalue weighted by Crippen LogP contribution is 2.17. The van der Waals surface area contributed by atoms with Crippen molar-refractivity contribution in [1.29, 1.82) is 0 Å². The van der Waals surface area contributed by atoms with Crippen LogP contribution in [0.4, 0.5) is 5.69 Å². The summed E-state index contributed by atoms with van der Waals surface area (Å²) in [4.78, 5) is 36.9. The Morgan fingerprint density at radius 2 is 1.88 bits per heavy atom. The van der Waals surface area contributed by atoms with Crippen LogP contribution in [0.1, 0.15) is 31.0 Å². The number of unbranched alkanes of at least 4 members (excludes halogenated alkanes) is 1. The lowest BCUT2D eigenvalue weighted by molar-refractivity contribution is -0.387. The van der Waals surface area contributed by atoms with Crippen LogP contribution in [0.3, 0.4) is 0 Å². The zero-order chi connectivity index (χ0) is 23.1. The van der Waals surface area contributed by atoms with Crippen LogP contribution in [0.2, 0.25) is 0 Å². The lowest BCUT2D eigenvalue weighted by Crippen LogP contribution is -2.42. The van der Waals surface area contributed by atoms with Crippen molar-refractivity contribution in [2.75, 3.05) is 13.7 Å². The molecule has 10 nitrogen and oxygen atoms in total. The zero-order valence-electron chi connectivity index (χ0n) is 18.0. The Labute approximate surface area is 184 Å². The lowest BCUT2D eigenvalue weighted by atomic mass is 10.2. The number of hydrogen-bond acceptors (Lipinski definition) is 6. The first-order chi connectivity index (χ1) is 15.5. The second-order valence-corrected chi connectivity index (χ2v) is 7.12. The third kappa shape index (κ3) is 4.92. The zero-order valence-corrected chi connectivity index (χ0v) is 18.0. The van der Waals surface area contributed by atoms with E-state index in [4.69, 9.17) is 4.74 Å². The number of nitro groups is 1. The third-order valence-electron chi connectivity index (χ3n) is 4.94. The topological polar surface area (TPSA) is 114 Å². The summed E-state index contributed by atoms with van der Waals surface area (Å²) in [6.45, 7) is 2.27. The van der Waals surface area contributed by atoms with Gasteiger partial charge in [-0.1, -0.05) is 31.5 Å². The monoisotopic (exact) mass is 439 g/mol. The van der Waals surface area contributed by atoms with Crippen molar-refractivity contribution in [3.63, 3.8) is 0 Å². The molecule has 32 heavy (non-hydrogen) atoms. The molecule has 2 heterocycles. The van der Waals surface area contributed by atoms with E-state index in [0.717, 1.165) is 16.7 Å². The van der Waals surface area contributed by atoms with Crippen LogP contribution in [-0.4, -0.2) is 37.6 Å². The SMILES string of the molecule is CCCCn1c(=O)c([N+](=O)[O-])c(C=Cc2cnn(-c3ccccc3)c2)n(CCOC)c1=O. The number of methoxy groups -OCH3 is 1. The van der Waals surface area contributed by atoms with Crippen molar-refractivity contribution >= 4 is 17.8 Å². The molecule has 0 radical (unpaired) electrons. The summed E-state index contributed by atoms with van der Waals surface area (Å²) in [6.07, 6.45) is 7.64. The smallest absolute Gasteiger partial charge is 0.357 e. The van der Waals surface area contributed by atoms with Gasteiger partial charge in [-0.05, 0) is 30.7 Å². The quantitative estimate of drug-likeness (QED) is 0.354. The molecule has 168 valence electrons. The van der Waals surface area contributed by atoms with Crippen LogP contribution < -0.4 is 11.2 Å². The fourth-order valence-corrected chi connectivity index (χ4v) is 3.27. The summed E-state index contributed by atoms with van der Waals surface area (Å²) >= 11 is 0. The summed E-state index contributed by atoms with van der Waals surface area (Å²) in [5.74, 6) is 0. The van der Waals surface area contributed by atoms with Gasteiger partial charge in [0.25, 0.3) is 0 Å². The molecule has 10 heteroatoms. The van der Waals surface area contributed by atoms with Gasteiger partial charge in [-0.25, -0.2) is 9.48 Å². The molecule has 3 rings (SSSR count). The first-order valence-electron chi connectivity index (χ1n) is 10.3. The number of aromatic nitrogens is 4. The Kier molecular flexibility index (Phi) is 7.50. The average Bonchev–Trinajstić information content (AvgIpc) is 3.26. The summed E-state index contributed by atoms with van der Waals surface area (Å²) in [6, 6.07) is 9.46. The molecule has 0 aliphatic rings. The largest absolute Gasteiger partial charge is 0.383 e. The third-order valence-corrected chi connectivity index (χ3v) is 4.94. The minimum atomic E-state index is -0.901. The van der Waals surface area contributed by atoms with E-state index in [1.54, 1.807) is 23.2 Å². The predicted molar refractivity (Wildman–Crippen MR) is 121 cm³/mol. The second-order valence-electron chi connectivity index (χ2n) is 7.12. The van der Waals surface area contributed by atoms with Gasteiger partial charge in [0, 0.05) is 25.4 Å². The highest BCUT2D eigenvalue weighted by atomic mass is 16.6. The molecule has 0 N–H and O–H groups in total. The average molecular weight is 439 g/mol. The van der Waals surface area contributed by atoms with Crippen LogP contribution in [0, 0.1) is 10.1 Å². The minimum absolute atomic E-state index is 0.0674. The second kappa shape index (κ2) is 10.5. The number of rotatable bonds is 10. The number of ether oxygens (including phenoxy) is 1. The lowest BCUT2D eigenvalue weighted by Gasteiger charge is -2.13. The van der Waals surface area contributed by atoms with Gasteiger partial charge in [0.05, 0.1) is 30.0 Å². The van der Waals surface area contributed by atoms with Crippen molar-refractivity contribution in [2.24, 2.45) is 0 Å². The molecule has 0 spiro atoms. The molecule has 0 saturated carbocycles. The Hall–Kier alpha value is -3.79. The molecule has 0 atom stereocenters. The normalized spacial score (nSPS) is 11.3. The maximum absolute atomic E-state index is 13.0. The molecule has 0 aliphatic heterocycles.